The van der Waals surface area contributed by atoms with E-state index in [0.29, 0.717) is 18.7 Å². The second-order valence-electron chi connectivity index (χ2n) is 5.72. The fraction of sp³-hybridized carbons (Fsp3) is 0.389. The molecule has 1 aliphatic heterocycles. The molecule has 23 heavy (non-hydrogen) atoms. The molecule has 2 aromatic rings. The Kier molecular flexibility index (Phi) is 4.98. The number of amides is 1. The third-order valence-corrected chi connectivity index (χ3v) is 5.20. The van der Waals surface area contributed by atoms with Crippen LogP contribution >= 0.6 is 11.3 Å². The smallest absolute Gasteiger partial charge is 0.260 e. The minimum atomic E-state index is -0.446. The van der Waals surface area contributed by atoms with Gasteiger partial charge in [-0.25, -0.2) is 0 Å². The molecule has 1 aromatic carbocycles. The largest absolute Gasteiger partial charge is 0.484 e. The minimum Gasteiger partial charge on any atom is -0.484 e. The molecular weight excluding hydrogens is 310 g/mol. The maximum absolute atomic E-state index is 12.3. The van der Waals surface area contributed by atoms with Gasteiger partial charge in [-0.15, -0.1) is 11.3 Å². The zero-order valence-corrected chi connectivity index (χ0v) is 14.0. The summed E-state index contributed by atoms with van der Waals surface area (Å²) in [5, 5.41) is 11.9. The van der Waals surface area contributed by atoms with Crippen molar-refractivity contribution >= 4 is 17.2 Å². The molecule has 0 saturated carbocycles. The Balaban J connectivity index is 1.53. The van der Waals surface area contributed by atoms with Crippen LogP contribution in [-0.4, -0.2) is 29.1 Å². The predicted octanol–water partition coefficient (Wildman–Crippen LogP) is 3.16. The summed E-state index contributed by atoms with van der Waals surface area (Å²) in [6.07, 6.45) is 1.17. The normalized spacial score (nSPS) is 15.1. The first-order chi connectivity index (χ1) is 11.2. The topological polar surface area (TPSA) is 49.8 Å². The molecule has 1 amide bonds. The van der Waals surface area contributed by atoms with Crippen LogP contribution in [0.25, 0.3) is 0 Å². The maximum Gasteiger partial charge on any atom is 0.260 e. The monoisotopic (exact) mass is 331 g/mol. The van der Waals surface area contributed by atoms with Gasteiger partial charge >= 0.3 is 0 Å². The van der Waals surface area contributed by atoms with Crippen molar-refractivity contribution in [2.45, 2.75) is 32.4 Å². The summed E-state index contributed by atoms with van der Waals surface area (Å²) in [5.41, 5.74) is 2.12. The molecule has 1 N–H and O–H groups in total. The Hall–Kier alpha value is -1.85. The van der Waals surface area contributed by atoms with Gasteiger partial charge in [-0.05, 0) is 47.5 Å². The minimum absolute atomic E-state index is 0.0134. The maximum atomic E-state index is 12.3. The van der Waals surface area contributed by atoms with Crippen molar-refractivity contribution in [3.05, 3.63) is 51.7 Å². The summed E-state index contributed by atoms with van der Waals surface area (Å²) in [5.74, 6) is 0.665. The van der Waals surface area contributed by atoms with Crippen LogP contribution in [0.5, 0.6) is 5.75 Å². The van der Waals surface area contributed by atoms with Gasteiger partial charge in [0.2, 0.25) is 0 Å². The Labute approximate surface area is 140 Å². The van der Waals surface area contributed by atoms with Crippen molar-refractivity contribution < 1.29 is 14.6 Å². The number of ether oxygens (including phenoxy) is 1. The lowest BCUT2D eigenvalue weighted by molar-refractivity contribution is -0.134. The van der Waals surface area contributed by atoms with E-state index in [-0.39, 0.29) is 12.5 Å². The number of rotatable bonds is 5. The number of carbonyl (C=O) groups is 1. The number of fused-ring (bicyclic) bond motifs is 1. The summed E-state index contributed by atoms with van der Waals surface area (Å²) in [7, 11) is 0. The van der Waals surface area contributed by atoms with Crippen LogP contribution in [0.2, 0.25) is 0 Å². The van der Waals surface area contributed by atoms with E-state index in [1.165, 1.54) is 10.4 Å². The van der Waals surface area contributed by atoms with Crippen LogP contribution in [0.4, 0.5) is 0 Å². The third kappa shape index (κ3) is 3.74. The molecule has 0 spiro atoms. The number of nitrogens with zero attached hydrogens (tertiary/aromatic N) is 1. The molecular formula is C18H21NO3S. The van der Waals surface area contributed by atoms with Crippen molar-refractivity contribution in [3.8, 4) is 5.75 Å². The Morgan fingerprint density at radius 3 is 2.87 bits per heavy atom. The number of hydrogen-bond acceptors (Lipinski definition) is 4. The molecule has 1 aliphatic rings. The summed E-state index contributed by atoms with van der Waals surface area (Å²) < 4.78 is 5.59. The Bertz CT molecular complexity index is 665. The van der Waals surface area contributed by atoms with Gasteiger partial charge in [0, 0.05) is 18.0 Å². The first kappa shape index (κ1) is 16.0. The van der Waals surface area contributed by atoms with Gasteiger partial charge in [-0.3, -0.25) is 4.79 Å². The molecule has 1 atom stereocenters. The molecule has 0 aliphatic carbocycles. The molecule has 1 aromatic heterocycles. The van der Waals surface area contributed by atoms with Crippen LogP contribution in [0.3, 0.4) is 0 Å². The standard InChI is InChI=1S/C18H21NO3S/c1-2-16(20)13-3-5-15(6-4-13)22-12-18(21)19-9-7-17-14(11-19)8-10-23-17/h3-6,8,10,16,20H,2,7,9,11-12H2,1H3. The average Bonchev–Trinajstić information content (AvgIpc) is 3.07. The SMILES string of the molecule is CCC(O)c1ccc(OCC(=O)N2CCc3sccc3C2)cc1. The number of thiophene rings is 1. The Morgan fingerprint density at radius 2 is 2.13 bits per heavy atom. The molecule has 2 heterocycles. The van der Waals surface area contributed by atoms with Crippen LogP contribution in [0.15, 0.2) is 35.7 Å². The zero-order chi connectivity index (χ0) is 16.2. The first-order valence-corrected chi connectivity index (χ1v) is 8.79. The number of carbonyl (C=O) groups excluding carboxylic acids is 1. The van der Waals surface area contributed by atoms with Gasteiger partial charge in [0.25, 0.3) is 5.91 Å². The first-order valence-electron chi connectivity index (χ1n) is 7.91. The van der Waals surface area contributed by atoms with E-state index in [9.17, 15) is 9.90 Å². The van der Waals surface area contributed by atoms with Crippen molar-refractivity contribution in [1.29, 1.82) is 0 Å². The second-order valence-corrected chi connectivity index (χ2v) is 6.72. The van der Waals surface area contributed by atoms with Crippen molar-refractivity contribution in [3.63, 3.8) is 0 Å². The lowest BCUT2D eigenvalue weighted by Crippen LogP contribution is -2.38. The summed E-state index contributed by atoms with van der Waals surface area (Å²) in [6, 6.07) is 9.38. The van der Waals surface area contributed by atoms with E-state index in [2.05, 4.69) is 11.4 Å². The number of aliphatic hydroxyl groups excluding tert-OH is 1. The van der Waals surface area contributed by atoms with E-state index in [0.717, 1.165) is 18.5 Å². The van der Waals surface area contributed by atoms with Crippen molar-refractivity contribution in [1.82, 2.24) is 4.90 Å². The fourth-order valence-electron chi connectivity index (χ4n) is 2.72. The zero-order valence-electron chi connectivity index (χ0n) is 13.2. The van der Waals surface area contributed by atoms with Crippen molar-refractivity contribution in [2.75, 3.05) is 13.2 Å². The van der Waals surface area contributed by atoms with Gasteiger partial charge in [0.1, 0.15) is 5.75 Å². The van der Waals surface area contributed by atoms with Gasteiger partial charge in [-0.2, -0.15) is 0 Å². The summed E-state index contributed by atoms with van der Waals surface area (Å²) in [6.45, 7) is 3.43. The van der Waals surface area contributed by atoms with E-state index in [1.807, 2.05) is 24.0 Å². The second kappa shape index (κ2) is 7.15. The molecule has 0 saturated heterocycles. The highest BCUT2D eigenvalue weighted by Gasteiger charge is 2.21. The van der Waals surface area contributed by atoms with Crippen LogP contribution in [-0.2, 0) is 17.8 Å². The molecule has 0 radical (unpaired) electrons. The molecule has 1 unspecified atom stereocenters. The van der Waals surface area contributed by atoms with Gasteiger partial charge < -0.3 is 14.7 Å². The van der Waals surface area contributed by atoms with E-state index < -0.39 is 6.10 Å². The summed E-state index contributed by atoms with van der Waals surface area (Å²) in [4.78, 5) is 15.5. The van der Waals surface area contributed by atoms with Crippen LogP contribution < -0.4 is 4.74 Å². The number of hydrogen-bond donors (Lipinski definition) is 1. The fourth-order valence-corrected chi connectivity index (χ4v) is 3.61. The Morgan fingerprint density at radius 1 is 1.35 bits per heavy atom. The van der Waals surface area contributed by atoms with Gasteiger partial charge in [0.15, 0.2) is 6.61 Å². The van der Waals surface area contributed by atoms with Crippen molar-refractivity contribution in [2.24, 2.45) is 0 Å². The predicted molar refractivity (Wildman–Crippen MR) is 90.6 cm³/mol. The molecule has 122 valence electrons. The molecule has 4 nitrogen and oxygen atoms in total. The molecule has 0 bridgehead atoms. The lowest BCUT2D eigenvalue weighted by Gasteiger charge is -2.27. The average molecular weight is 331 g/mol. The van der Waals surface area contributed by atoms with Crippen LogP contribution in [0.1, 0.15) is 35.5 Å². The van der Waals surface area contributed by atoms with E-state index in [4.69, 9.17) is 4.74 Å². The molecule has 5 heteroatoms. The van der Waals surface area contributed by atoms with E-state index in [1.54, 1.807) is 23.5 Å². The third-order valence-electron chi connectivity index (χ3n) is 4.17. The molecule has 3 rings (SSSR count). The highest BCUT2D eigenvalue weighted by Crippen LogP contribution is 2.24. The number of benzene rings is 1. The lowest BCUT2D eigenvalue weighted by atomic mass is 10.1. The highest BCUT2D eigenvalue weighted by atomic mass is 32.1. The highest BCUT2D eigenvalue weighted by molar-refractivity contribution is 7.10. The van der Waals surface area contributed by atoms with E-state index >= 15 is 0 Å². The quantitative estimate of drug-likeness (QED) is 0.915. The number of aliphatic hydroxyl groups is 1. The van der Waals surface area contributed by atoms with Crippen LogP contribution in [0, 0.1) is 0 Å². The van der Waals surface area contributed by atoms with Gasteiger partial charge in [-0.1, -0.05) is 19.1 Å². The molecule has 0 fully saturated rings. The summed E-state index contributed by atoms with van der Waals surface area (Å²) >= 11 is 1.77. The van der Waals surface area contributed by atoms with Gasteiger partial charge in [0.05, 0.1) is 6.10 Å².